The van der Waals surface area contributed by atoms with Gasteiger partial charge in [0, 0.05) is 0 Å². The van der Waals surface area contributed by atoms with Crippen LogP contribution in [0.4, 0.5) is 0 Å². The molecule has 0 amide bonds. The lowest BCUT2D eigenvalue weighted by Gasteiger charge is -2.41. The second kappa shape index (κ2) is 7.70. The molecule has 0 saturated heterocycles. The van der Waals surface area contributed by atoms with Gasteiger partial charge in [-0.2, -0.15) is 0 Å². The Morgan fingerprint density at radius 2 is 1.63 bits per heavy atom. The smallest absolute Gasteiger partial charge is 0.0358 e. The fourth-order valence-corrected chi connectivity index (χ4v) is 4.53. The highest BCUT2D eigenvalue weighted by Crippen LogP contribution is 2.44. The normalized spacial score (nSPS) is 25.4. The number of rotatable bonds is 9. The molecule has 0 aliphatic heterocycles. The standard InChI is InChI=1S/C19H36/c1-4-8-19(15(3)18-11-7-12-18)17(5-2)14-13-16-9-6-10-16/h15-19H,4-14H2,1-3H3. The molecule has 0 heteroatoms. The quantitative estimate of drug-likeness (QED) is 0.449. The van der Waals surface area contributed by atoms with E-state index in [9.17, 15) is 0 Å². The summed E-state index contributed by atoms with van der Waals surface area (Å²) in [5, 5.41) is 0. The van der Waals surface area contributed by atoms with E-state index < -0.39 is 0 Å². The lowest BCUT2D eigenvalue weighted by Crippen LogP contribution is -2.31. The van der Waals surface area contributed by atoms with Gasteiger partial charge in [-0.25, -0.2) is 0 Å². The van der Waals surface area contributed by atoms with Crippen LogP contribution in [-0.2, 0) is 0 Å². The SMILES string of the molecule is CCCC(C(CC)CCC1CCC1)C(C)C1CCC1. The zero-order valence-electron chi connectivity index (χ0n) is 13.7. The minimum atomic E-state index is 1.00. The van der Waals surface area contributed by atoms with Gasteiger partial charge < -0.3 is 0 Å². The average Bonchev–Trinajstić information content (AvgIpc) is 2.28. The van der Waals surface area contributed by atoms with E-state index in [0.717, 1.165) is 29.6 Å². The van der Waals surface area contributed by atoms with Gasteiger partial charge >= 0.3 is 0 Å². The molecule has 2 aliphatic carbocycles. The molecule has 0 aromatic heterocycles. The van der Waals surface area contributed by atoms with Crippen molar-refractivity contribution in [3.8, 4) is 0 Å². The molecule has 0 N–H and O–H groups in total. The van der Waals surface area contributed by atoms with E-state index in [1.165, 1.54) is 70.6 Å². The van der Waals surface area contributed by atoms with E-state index in [-0.39, 0.29) is 0 Å². The molecule has 19 heavy (non-hydrogen) atoms. The van der Waals surface area contributed by atoms with Crippen LogP contribution < -0.4 is 0 Å². The van der Waals surface area contributed by atoms with Gasteiger partial charge in [-0.05, 0) is 36.0 Å². The van der Waals surface area contributed by atoms with Crippen LogP contribution in [0.25, 0.3) is 0 Å². The Labute approximate surface area is 121 Å². The van der Waals surface area contributed by atoms with E-state index in [4.69, 9.17) is 0 Å². The minimum absolute atomic E-state index is 1.00. The van der Waals surface area contributed by atoms with E-state index >= 15 is 0 Å². The van der Waals surface area contributed by atoms with Crippen LogP contribution in [0.2, 0.25) is 0 Å². The van der Waals surface area contributed by atoms with Gasteiger partial charge in [-0.1, -0.05) is 85.0 Å². The van der Waals surface area contributed by atoms with Crippen molar-refractivity contribution in [3.05, 3.63) is 0 Å². The summed E-state index contributed by atoms with van der Waals surface area (Å²) in [5.74, 6) is 5.24. The largest absolute Gasteiger partial charge is 0.0654 e. The Kier molecular flexibility index (Phi) is 6.23. The van der Waals surface area contributed by atoms with Crippen LogP contribution in [0, 0.1) is 29.6 Å². The first kappa shape index (κ1) is 15.4. The van der Waals surface area contributed by atoms with Crippen molar-refractivity contribution in [1.29, 1.82) is 0 Å². The molecule has 2 saturated carbocycles. The second-order valence-electron chi connectivity index (χ2n) is 7.55. The molecular formula is C19H36. The zero-order chi connectivity index (χ0) is 13.7. The molecule has 2 rings (SSSR count). The third-order valence-corrected chi connectivity index (χ3v) is 6.49. The summed E-state index contributed by atoms with van der Waals surface area (Å²) in [6.07, 6.45) is 16.5. The highest BCUT2D eigenvalue weighted by molar-refractivity contribution is 4.84. The van der Waals surface area contributed by atoms with Crippen LogP contribution in [0.3, 0.4) is 0 Å². The van der Waals surface area contributed by atoms with E-state index in [1.54, 1.807) is 0 Å². The monoisotopic (exact) mass is 264 g/mol. The molecule has 0 aromatic rings. The summed E-state index contributed by atoms with van der Waals surface area (Å²) < 4.78 is 0. The first-order valence-electron chi connectivity index (χ1n) is 9.26. The van der Waals surface area contributed by atoms with Crippen molar-refractivity contribution >= 4 is 0 Å². The summed E-state index contributed by atoms with van der Waals surface area (Å²) in [6, 6.07) is 0. The average molecular weight is 264 g/mol. The molecule has 112 valence electrons. The summed E-state index contributed by atoms with van der Waals surface area (Å²) >= 11 is 0. The molecule has 0 nitrogen and oxygen atoms in total. The third kappa shape index (κ3) is 3.99. The first-order chi connectivity index (χ1) is 9.26. The molecule has 0 aromatic carbocycles. The van der Waals surface area contributed by atoms with Gasteiger partial charge in [0.05, 0.1) is 0 Å². The van der Waals surface area contributed by atoms with Gasteiger partial charge in [0.15, 0.2) is 0 Å². The molecule has 0 spiro atoms. The first-order valence-corrected chi connectivity index (χ1v) is 9.26. The van der Waals surface area contributed by atoms with Crippen molar-refractivity contribution in [3.63, 3.8) is 0 Å². The molecule has 2 aliphatic rings. The minimum Gasteiger partial charge on any atom is -0.0654 e. The van der Waals surface area contributed by atoms with Crippen molar-refractivity contribution in [2.45, 2.75) is 91.4 Å². The van der Waals surface area contributed by atoms with Crippen molar-refractivity contribution < 1.29 is 0 Å². The predicted octanol–water partition coefficient (Wildman–Crippen LogP) is 6.45. The molecular weight excluding hydrogens is 228 g/mol. The zero-order valence-corrected chi connectivity index (χ0v) is 13.7. The van der Waals surface area contributed by atoms with Crippen LogP contribution in [0.15, 0.2) is 0 Å². The van der Waals surface area contributed by atoms with Gasteiger partial charge in [0.2, 0.25) is 0 Å². The summed E-state index contributed by atoms with van der Waals surface area (Å²) in [6.45, 7) is 7.41. The van der Waals surface area contributed by atoms with Crippen LogP contribution in [0.1, 0.15) is 91.4 Å². The maximum absolute atomic E-state index is 2.58. The topological polar surface area (TPSA) is 0 Å². The Morgan fingerprint density at radius 1 is 0.947 bits per heavy atom. The molecule has 0 bridgehead atoms. The van der Waals surface area contributed by atoms with E-state index in [0.29, 0.717) is 0 Å². The van der Waals surface area contributed by atoms with E-state index in [2.05, 4.69) is 20.8 Å². The van der Waals surface area contributed by atoms with Gasteiger partial charge in [0.1, 0.15) is 0 Å². The van der Waals surface area contributed by atoms with Gasteiger partial charge in [0.25, 0.3) is 0 Å². The molecule has 2 fully saturated rings. The molecule has 0 radical (unpaired) electrons. The van der Waals surface area contributed by atoms with Crippen LogP contribution in [-0.4, -0.2) is 0 Å². The van der Waals surface area contributed by atoms with Crippen LogP contribution >= 0.6 is 0 Å². The van der Waals surface area contributed by atoms with Crippen molar-refractivity contribution in [2.24, 2.45) is 29.6 Å². The van der Waals surface area contributed by atoms with Gasteiger partial charge in [-0.15, -0.1) is 0 Å². The highest BCUT2D eigenvalue weighted by Gasteiger charge is 2.33. The third-order valence-electron chi connectivity index (χ3n) is 6.49. The molecule has 3 atom stereocenters. The van der Waals surface area contributed by atoms with Crippen LogP contribution in [0.5, 0.6) is 0 Å². The number of hydrogen-bond acceptors (Lipinski definition) is 0. The Bertz CT molecular complexity index is 236. The summed E-state index contributed by atoms with van der Waals surface area (Å²) in [4.78, 5) is 0. The van der Waals surface area contributed by atoms with Crippen molar-refractivity contribution in [1.82, 2.24) is 0 Å². The molecule has 3 unspecified atom stereocenters. The van der Waals surface area contributed by atoms with Gasteiger partial charge in [-0.3, -0.25) is 0 Å². The fraction of sp³-hybridized carbons (Fsp3) is 1.00. The lowest BCUT2D eigenvalue weighted by atomic mass is 9.65. The van der Waals surface area contributed by atoms with Crippen molar-refractivity contribution in [2.75, 3.05) is 0 Å². The highest BCUT2D eigenvalue weighted by atomic mass is 14.4. The second-order valence-corrected chi connectivity index (χ2v) is 7.55. The summed E-state index contributed by atoms with van der Waals surface area (Å²) in [7, 11) is 0. The fourth-order valence-electron chi connectivity index (χ4n) is 4.53. The lowest BCUT2D eigenvalue weighted by molar-refractivity contribution is 0.0975. The maximum Gasteiger partial charge on any atom is -0.0358 e. The maximum atomic E-state index is 2.58. The van der Waals surface area contributed by atoms with E-state index in [1.807, 2.05) is 0 Å². The predicted molar refractivity (Wildman–Crippen MR) is 85.3 cm³/mol. The Hall–Kier alpha value is 0. The Balaban J connectivity index is 1.84. The Morgan fingerprint density at radius 3 is 2.05 bits per heavy atom. The summed E-state index contributed by atoms with van der Waals surface area (Å²) in [5.41, 5.74) is 0. The molecule has 0 heterocycles. The number of hydrogen-bond donors (Lipinski definition) is 0.